The Morgan fingerprint density at radius 1 is 0.861 bits per heavy atom. The average molecular weight is 475 g/mol. The molecule has 0 fully saturated rings. The van der Waals surface area contributed by atoms with Crippen LogP contribution in [0.5, 0.6) is 5.75 Å². The number of fused-ring (bicyclic) bond motifs is 3. The van der Waals surface area contributed by atoms with Gasteiger partial charge in [0.05, 0.1) is 18.5 Å². The monoisotopic (exact) mass is 474 g/mol. The number of aliphatic carboxylic acids is 1. The van der Waals surface area contributed by atoms with Gasteiger partial charge in [-0.25, -0.2) is 0 Å². The number of para-hydroxylation sites is 2. The van der Waals surface area contributed by atoms with Gasteiger partial charge in [-0.2, -0.15) is 5.10 Å². The van der Waals surface area contributed by atoms with Crippen molar-refractivity contribution in [1.29, 1.82) is 0 Å². The standard InChI is InChI=1S/C30H22N2O4/c1-35-22-15-13-20(14-16-22)26-17-27(32(31-26)18-29(33)34)21-11-9-19(10-12-21)23-6-4-7-25-24-5-2-3-8-28(24)36-30(23)25/h2-17H,18H2,1H3,(H,33,34). The molecule has 0 bridgehead atoms. The average Bonchev–Trinajstić information content (AvgIpc) is 3.50. The molecular formula is C30H22N2O4. The first kappa shape index (κ1) is 21.7. The van der Waals surface area contributed by atoms with Crippen LogP contribution in [0.15, 0.2) is 101 Å². The number of ether oxygens (including phenoxy) is 1. The smallest absolute Gasteiger partial charge is 0.325 e. The number of hydrogen-bond acceptors (Lipinski definition) is 4. The van der Waals surface area contributed by atoms with E-state index in [1.165, 1.54) is 4.68 Å². The zero-order valence-electron chi connectivity index (χ0n) is 19.5. The van der Waals surface area contributed by atoms with Crippen molar-refractivity contribution >= 4 is 27.9 Å². The predicted octanol–water partition coefficient (Wildman–Crippen LogP) is 6.88. The van der Waals surface area contributed by atoms with Crippen LogP contribution in [0, 0.1) is 0 Å². The number of rotatable bonds is 6. The number of benzene rings is 4. The van der Waals surface area contributed by atoms with Crippen molar-refractivity contribution in [3.63, 3.8) is 0 Å². The summed E-state index contributed by atoms with van der Waals surface area (Å²) >= 11 is 0. The van der Waals surface area contributed by atoms with Crippen molar-refractivity contribution in [2.75, 3.05) is 7.11 Å². The van der Waals surface area contributed by atoms with E-state index in [1.54, 1.807) is 7.11 Å². The summed E-state index contributed by atoms with van der Waals surface area (Å²) in [5.41, 5.74) is 6.93. The lowest BCUT2D eigenvalue weighted by molar-refractivity contribution is -0.137. The molecule has 0 radical (unpaired) electrons. The van der Waals surface area contributed by atoms with Crippen LogP contribution in [0.4, 0.5) is 0 Å². The van der Waals surface area contributed by atoms with Crippen molar-refractivity contribution in [2.24, 2.45) is 0 Å². The Morgan fingerprint density at radius 3 is 2.31 bits per heavy atom. The Bertz CT molecular complexity index is 1710. The molecule has 36 heavy (non-hydrogen) atoms. The van der Waals surface area contributed by atoms with E-state index >= 15 is 0 Å². The second kappa shape index (κ2) is 8.74. The second-order valence-corrected chi connectivity index (χ2v) is 8.55. The van der Waals surface area contributed by atoms with E-state index in [9.17, 15) is 9.90 Å². The summed E-state index contributed by atoms with van der Waals surface area (Å²) in [5, 5.41) is 16.2. The molecule has 6 rings (SSSR count). The van der Waals surface area contributed by atoms with Gasteiger partial charge in [0.25, 0.3) is 0 Å². The number of nitrogens with zero attached hydrogens (tertiary/aromatic N) is 2. The lowest BCUT2D eigenvalue weighted by Crippen LogP contribution is -2.11. The van der Waals surface area contributed by atoms with Crippen molar-refractivity contribution in [3.8, 4) is 39.4 Å². The molecule has 0 amide bonds. The molecule has 0 aliphatic carbocycles. The van der Waals surface area contributed by atoms with Crippen LogP contribution in [-0.4, -0.2) is 28.0 Å². The molecule has 2 aromatic heterocycles. The minimum Gasteiger partial charge on any atom is -0.497 e. The summed E-state index contributed by atoms with van der Waals surface area (Å²) in [5.74, 6) is -0.201. The van der Waals surface area contributed by atoms with E-state index in [-0.39, 0.29) is 6.54 Å². The number of carboxylic acid groups (broad SMARTS) is 1. The van der Waals surface area contributed by atoms with Gasteiger partial charge >= 0.3 is 5.97 Å². The first-order chi connectivity index (χ1) is 17.6. The molecule has 0 aliphatic rings. The van der Waals surface area contributed by atoms with Crippen molar-refractivity contribution < 1.29 is 19.1 Å². The van der Waals surface area contributed by atoms with Crippen LogP contribution in [0.3, 0.4) is 0 Å². The molecule has 0 saturated carbocycles. The Morgan fingerprint density at radius 2 is 1.56 bits per heavy atom. The molecular weight excluding hydrogens is 452 g/mol. The lowest BCUT2D eigenvalue weighted by atomic mass is 10.00. The van der Waals surface area contributed by atoms with Gasteiger partial charge in [-0.3, -0.25) is 9.48 Å². The Balaban J connectivity index is 1.40. The maximum Gasteiger partial charge on any atom is 0.325 e. The minimum atomic E-state index is -0.950. The van der Waals surface area contributed by atoms with E-state index in [4.69, 9.17) is 9.15 Å². The number of carbonyl (C=O) groups is 1. The molecule has 6 aromatic rings. The number of furan rings is 1. The fourth-order valence-corrected chi connectivity index (χ4v) is 4.60. The predicted molar refractivity (Wildman–Crippen MR) is 140 cm³/mol. The number of methoxy groups -OCH3 is 1. The zero-order valence-corrected chi connectivity index (χ0v) is 19.5. The first-order valence-corrected chi connectivity index (χ1v) is 11.6. The fourth-order valence-electron chi connectivity index (χ4n) is 4.60. The molecule has 0 unspecified atom stereocenters. The molecule has 176 valence electrons. The summed E-state index contributed by atoms with van der Waals surface area (Å²) in [7, 11) is 1.62. The van der Waals surface area contributed by atoms with E-state index < -0.39 is 5.97 Å². The van der Waals surface area contributed by atoms with Crippen LogP contribution in [0.2, 0.25) is 0 Å². The molecule has 0 atom stereocenters. The van der Waals surface area contributed by atoms with Gasteiger partial charge in [-0.05, 0) is 47.5 Å². The van der Waals surface area contributed by atoms with Gasteiger partial charge in [0.2, 0.25) is 0 Å². The lowest BCUT2D eigenvalue weighted by Gasteiger charge is -2.07. The summed E-state index contributed by atoms with van der Waals surface area (Å²) in [6.07, 6.45) is 0. The van der Waals surface area contributed by atoms with Gasteiger partial charge in [0.15, 0.2) is 0 Å². The maximum atomic E-state index is 11.5. The van der Waals surface area contributed by atoms with E-state index in [2.05, 4.69) is 23.3 Å². The van der Waals surface area contributed by atoms with Gasteiger partial charge in [-0.1, -0.05) is 60.7 Å². The SMILES string of the molecule is COc1ccc(-c2cc(-c3ccc(-c4cccc5c4oc4ccccc45)cc3)n(CC(=O)O)n2)cc1. The third-order valence-electron chi connectivity index (χ3n) is 6.35. The Kier molecular flexibility index (Phi) is 5.26. The van der Waals surface area contributed by atoms with Gasteiger partial charge in [0, 0.05) is 21.9 Å². The van der Waals surface area contributed by atoms with Crippen molar-refractivity contribution in [2.45, 2.75) is 6.54 Å². The molecule has 0 spiro atoms. The molecule has 2 heterocycles. The number of aromatic nitrogens is 2. The second-order valence-electron chi connectivity index (χ2n) is 8.55. The van der Waals surface area contributed by atoms with Crippen LogP contribution in [0.25, 0.3) is 55.6 Å². The van der Waals surface area contributed by atoms with Crippen molar-refractivity contribution in [1.82, 2.24) is 9.78 Å². The van der Waals surface area contributed by atoms with E-state index in [0.29, 0.717) is 5.69 Å². The highest BCUT2D eigenvalue weighted by Gasteiger charge is 2.16. The van der Waals surface area contributed by atoms with Crippen LogP contribution in [-0.2, 0) is 11.3 Å². The topological polar surface area (TPSA) is 77.5 Å². The summed E-state index contributed by atoms with van der Waals surface area (Å²) in [6.45, 7) is -0.231. The van der Waals surface area contributed by atoms with Crippen molar-refractivity contribution in [3.05, 3.63) is 97.1 Å². The van der Waals surface area contributed by atoms with Crippen LogP contribution >= 0.6 is 0 Å². The Hall–Kier alpha value is -4.84. The van der Waals surface area contributed by atoms with Gasteiger partial charge in [0.1, 0.15) is 23.5 Å². The highest BCUT2D eigenvalue weighted by atomic mass is 16.5. The van der Waals surface area contributed by atoms with Crippen LogP contribution in [0.1, 0.15) is 0 Å². The van der Waals surface area contributed by atoms with Gasteiger partial charge in [-0.15, -0.1) is 0 Å². The molecule has 6 nitrogen and oxygen atoms in total. The summed E-state index contributed by atoms with van der Waals surface area (Å²) in [4.78, 5) is 11.5. The molecule has 0 saturated heterocycles. The highest BCUT2D eigenvalue weighted by molar-refractivity contribution is 6.09. The third kappa shape index (κ3) is 3.79. The van der Waals surface area contributed by atoms with E-state index in [0.717, 1.165) is 55.6 Å². The minimum absolute atomic E-state index is 0.231. The number of carboxylic acids is 1. The quantitative estimate of drug-likeness (QED) is 0.285. The molecule has 6 heteroatoms. The van der Waals surface area contributed by atoms with Crippen LogP contribution < -0.4 is 4.74 Å². The van der Waals surface area contributed by atoms with Gasteiger partial charge < -0.3 is 14.3 Å². The largest absolute Gasteiger partial charge is 0.497 e. The molecule has 0 aliphatic heterocycles. The highest BCUT2D eigenvalue weighted by Crippen LogP contribution is 2.36. The fraction of sp³-hybridized carbons (Fsp3) is 0.0667. The zero-order chi connectivity index (χ0) is 24.6. The number of hydrogen-bond donors (Lipinski definition) is 1. The maximum absolute atomic E-state index is 11.5. The molecule has 1 N–H and O–H groups in total. The van der Waals surface area contributed by atoms with E-state index in [1.807, 2.05) is 78.9 Å². The third-order valence-corrected chi connectivity index (χ3v) is 6.35. The summed E-state index contributed by atoms with van der Waals surface area (Å²) in [6, 6.07) is 31.7. The normalized spacial score (nSPS) is 11.2. The Labute approximate surface area is 207 Å². The molecule has 4 aromatic carbocycles. The first-order valence-electron chi connectivity index (χ1n) is 11.6. The summed E-state index contributed by atoms with van der Waals surface area (Å²) < 4.78 is 13.0.